The number of carbonyl (C=O) groups is 3. The van der Waals surface area contributed by atoms with Crippen molar-refractivity contribution in [3.8, 4) is 0 Å². The molecule has 5 rings (SSSR count). The van der Waals surface area contributed by atoms with E-state index < -0.39 is 83.1 Å². The number of thioether (sulfide) groups is 1. The molecule has 3 fully saturated rings. The van der Waals surface area contributed by atoms with E-state index in [9.17, 15) is 31.9 Å². The summed E-state index contributed by atoms with van der Waals surface area (Å²) in [7, 11) is 0. The van der Waals surface area contributed by atoms with Gasteiger partial charge in [0.2, 0.25) is 11.8 Å². The summed E-state index contributed by atoms with van der Waals surface area (Å²) in [6, 6.07) is 12.3. The van der Waals surface area contributed by atoms with Gasteiger partial charge in [0, 0.05) is 11.2 Å². The van der Waals surface area contributed by atoms with Crippen molar-refractivity contribution < 1.29 is 36.7 Å². The highest BCUT2D eigenvalue weighted by Crippen LogP contribution is 2.51. The Bertz CT molecular complexity index is 1300. The molecule has 1 aliphatic carbocycles. The summed E-state index contributed by atoms with van der Waals surface area (Å²) in [6.07, 6.45) is -9.24. The Morgan fingerprint density at radius 1 is 1.02 bits per heavy atom. The number of alkyl halides is 4. The standard InChI is InChI=1S/C30H33F4N3O4S/c1-30(2)25(29(40)41-14-16-6-4-3-5-7-16)37-27(39)24(28(37)42-30)36-26(38)20(35)12-15-8-10-17(11-9-15)21-22(33)18(31)13-19(32)23(21)34/h3-11,18-25,28H,12-14,35H2,1-2H3,(H,36,38)/t18-,19+,20-,21?,22-,23+,24+,25-,28?/m0/s1. The number of esters is 1. The fourth-order valence-corrected chi connectivity index (χ4v) is 7.51. The molecule has 2 aliphatic heterocycles. The molecule has 2 aromatic rings. The van der Waals surface area contributed by atoms with Crippen LogP contribution in [0.4, 0.5) is 17.6 Å². The van der Waals surface area contributed by atoms with Gasteiger partial charge in [0.15, 0.2) is 0 Å². The van der Waals surface area contributed by atoms with E-state index in [1.54, 1.807) is 0 Å². The molecule has 2 aromatic carbocycles. The monoisotopic (exact) mass is 607 g/mol. The molecular formula is C30H33F4N3O4S. The smallest absolute Gasteiger partial charge is 0.330 e. The Kier molecular flexibility index (Phi) is 8.58. The van der Waals surface area contributed by atoms with Gasteiger partial charge in [0.05, 0.1) is 12.0 Å². The predicted octanol–water partition coefficient (Wildman–Crippen LogP) is 3.69. The second-order valence-electron chi connectivity index (χ2n) is 11.6. The van der Waals surface area contributed by atoms with Crippen molar-refractivity contribution in [3.05, 3.63) is 71.3 Å². The first-order valence-electron chi connectivity index (χ1n) is 13.8. The van der Waals surface area contributed by atoms with Crippen LogP contribution in [0.1, 0.15) is 42.9 Å². The zero-order valence-electron chi connectivity index (χ0n) is 23.1. The zero-order chi connectivity index (χ0) is 30.3. The van der Waals surface area contributed by atoms with Gasteiger partial charge in [-0.15, -0.1) is 11.8 Å². The minimum absolute atomic E-state index is 0.0503. The number of hydrogen-bond donors (Lipinski definition) is 2. The van der Waals surface area contributed by atoms with E-state index in [1.807, 2.05) is 44.2 Å². The van der Waals surface area contributed by atoms with Gasteiger partial charge >= 0.3 is 5.97 Å². The number of rotatable bonds is 8. The maximum absolute atomic E-state index is 14.4. The molecule has 2 amide bonds. The molecule has 9 atom stereocenters. The van der Waals surface area contributed by atoms with E-state index in [2.05, 4.69) is 5.32 Å². The number of ether oxygens (including phenoxy) is 1. The SMILES string of the molecule is CC1(C)SC2[C@H](NC(=O)[C@@H](N)Cc3ccc(C4[C@@H](F)[C@@H](F)C[C@@H](F)[C@H]4F)cc3)C(=O)N2[C@H]1C(=O)OCc1ccccc1. The van der Waals surface area contributed by atoms with E-state index in [4.69, 9.17) is 10.5 Å². The zero-order valence-corrected chi connectivity index (χ0v) is 23.9. The third kappa shape index (κ3) is 5.75. The number of halogens is 4. The molecular weight excluding hydrogens is 574 g/mol. The van der Waals surface area contributed by atoms with Gasteiger partial charge < -0.3 is 20.7 Å². The van der Waals surface area contributed by atoms with Gasteiger partial charge in [-0.2, -0.15) is 0 Å². The van der Waals surface area contributed by atoms with Crippen molar-refractivity contribution in [1.29, 1.82) is 0 Å². The number of β-lactam (4-membered cyclic amide) rings is 1. The molecule has 7 nitrogen and oxygen atoms in total. The fourth-order valence-electron chi connectivity index (χ4n) is 5.89. The van der Waals surface area contributed by atoms with Crippen LogP contribution in [0.25, 0.3) is 0 Å². The molecule has 226 valence electrons. The average molecular weight is 608 g/mol. The molecule has 12 heteroatoms. The highest BCUT2D eigenvalue weighted by molar-refractivity contribution is 8.01. The number of nitrogens with two attached hydrogens (primary N) is 1. The predicted molar refractivity (Wildman–Crippen MR) is 149 cm³/mol. The molecule has 2 saturated heterocycles. The molecule has 3 N–H and O–H groups in total. The first-order valence-corrected chi connectivity index (χ1v) is 14.7. The summed E-state index contributed by atoms with van der Waals surface area (Å²) >= 11 is 1.39. The van der Waals surface area contributed by atoms with Crippen molar-refractivity contribution in [2.45, 2.75) is 92.1 Å². The van der Waals surface area contributed by atoms with E-state index in [1.165, 1.54) is 40.9 Å². The quantitative estimate of drug-likeness (QED) is 0.270. The van der Waals surface area contributed by atoms with Crippen LogP contribution < -0.4 is 11.1 Å². The lowest BCUT2D eigenvalue weighted by Crippen LogP contribution is -2.71. The molecule has 2 unspecified atom stereocenters. The van der Waals surface area contributed by atoms with Crippen molar-refractivity contribution in [2.24, 2.45) is 5.73 Å². The Morgan fingerprint density at radius 2 is 1.64 bits per heavy atom. The van der Waals surface area contributed by atoms with Crippen LogP contribution in [-0.4, -0.2) is 75.6 Å². The number of amides is 2. The van der Waals surface area contributed by atoms with Gasteiger partial charge in [-0.05, 0) is 37.0 Å². The topological polar surface area (TPSA) is 102 Å². The Morgan fingerprint density at radius 3 is 2.26 bits per heavy atom. The lowest BCUT2D eigenvalue weighted by atomic mass is 9.79. The Hall–Kier alpha value is -3.12. The Labute approximate surface area is 245 Å². The third-order valence-electron chi connectivity index (χ3n) is 8.17. The van der Waals surface area contributed by atoms with E-state index in [0.717, 1.165) is 5.56 Å². The normalized spacial score (nSPS) is 32.5. The van der Waals surface area contributed by atoms with Gasteiger partial charge in [-0.1, -0.05) is 54.6 Å². The molecule has 2 heterocycles. The lowest BCUT2D eigenvalue weighted by molar-refractivity contribution is -0.165. The van der Waals surface area contributed by atoms with Crippen LogP contribution in [-0.2, 0) is 32.1 Å². The summed E-state index contributed by atoms with van der Waals surface area (Å²) in [5.74, 6) is -3.07. The number of hydrogen-bond acceptors (Lipinski definition) is 6. The molecule has 0 bridgehead atoms. The van der Waals surface area contributed by atoms with E-state index in [-0.39, 0.29) is 18.6 Å². The first-order chi connectivity index (χ1) is 19.9. The maximum atomic E-state index is 14.4. The highest BCUT2D eigenvalue weighted by Gasteiger charge is 2.64. The number of nitrogens with zero attached hydrogens (tertiary/aromatic N) is 1. The summed E-state index contributed by atoms with van der Waals surface area (Å²) in [5.41, 5.74) is 7.62. The number of carbonyl (C=O) groups excluding carboxylic acids is 3. The number of fused-ring (bicyclic) bond motifs is 1. The van der Waals surface area contributed by atoms with Crippen molar-refractivity contribution in [2.75, 3.05) is 0 Å². The van der Waals surface area contributed by atoms with Crippen LogP contribution in [0, 0.1) is 0 Å². The lowest BCUT2D eigenvalue weighted by Gasteiger charge is -2.44. The number of benzene rings is 2. The summed E-state index contributed by atoms with van der Waals surface area (Å²) in [6.45, 7) is 3.77. The third-order valence-corrected chi connectivity index (χ3v) is 9.74. The second kappa shape index (κ2) is 11.9. The van der Waals surface area contributed by atoms with Gasteiger partial charge in [-0.3, -0.25) is 9.59 Å². The molecule has 1 saturated carbocycles. The van der Waals surface area contributed by atoms with Crippen LogP contribution >= 0.6 is 11.8 Å². The Balaban J connectivity index is 1.17. The molecule has 0 aromatic heterocycles. The van der Waals surface area contributed by atoms with E-state index >= 15 is 0 Å². The molecule has 3 aliphatic rings. The van der Waals surface area contributed by atoms with Crippen molar-refractivity contribution >= 4 is 29.5 Å². The summed E-state index contributed by atoms with van der Waals surface area (Å²) in [4.78, 5) is 40.4. The summed E-state index contributed by atoms with van der Waals surface area (Å²) < 4.78 is 61.2. The van der Waals surface area contributed by atoms with Crippen LogP contribution in [0.5, 0.6) is 0 Å². The largest absolute Gasteiger partial charge is 0.459 e. The van der Waals surface area contributed by atoms with E-state index in [0.29, 0.717) is 5.56 Å². The average Bonchev–Trinajstić information content (AvgIpc) is 3.22. The highest BCUT2D eigenvalue weighted by atomic mass is 32.2. The minimum atomic E-state index is -2.16. The maximum Gasteiger partial charge on any atom is 0.330 e. The van der Waals surface area contributed by atoms with Crippen LogP contribution in [0.2, 0.25) is 0 Å². The summed E-state index contributed by atoms with van der Waals surface area (Å²) in [5, 5.41) is 2.22. The van der Waals surface area contributed by atoms with Crippen molar-refractivity contribution in [3.63, 3.8) is 0 Å². The second-order valence-corrected chi connectivity index (χ2v) is 13.3. The van der Waals surface area contributed by atoms with Gasteiger partial charge in [0.1, 0.15) is 48.8 Å². The minimum Gasteiger partial charge on any atom is -0.459 e. The van der Waals surface area contributed by atoms with Gasteiger partial charge in [0.25, 0.3) is 0 Å². The fraction of sp³-hybridized carbons (Fsp3) is 0.500. The number of nitrogens with one attached hydrogen (secondary N) is 1. The molecule has 42 heavy (non-hydrogen) atoms. The van der Waals surface area contributed by atoms with Crippen molar-refractivity contribution in [1.82, 2.24) is 10.2 Å². The van der Waals surface area contributed by atoms with Gasteiger partial charge in [-0.25, -0.2) is 22.4 Å². The first kappa shape index (κ1) is 30.3. The molecule has 0 radical (unpaired) electrons. The van der Waals surface area contributed by atoms with Crippen LogP contribution in [0.15, 0.2) is 54.6 Å². The van der Waals surface area contributed by atoms with Crippen LogP contribution in [0.3, 0.4) is 0 Å². The molecule has 0 spiro atoms.